The molecule has 0 spiro atoms. The van der Waals surface area contributed by atoms with Crippen LogP contribution in [-0.4, -0.2) is 37.1 Å². The number of thiophene rings is 1. The fraction of sp³-hybridized carbons (Fsp3) is 0.611. The number of aryl methyl sites for hydroxylation is 1. The van der Waals surface area contributed by atoms with Crippen molar-refractivity contribution in [1.82, 2.24) is 0 Å². The molecule has 1 aromatic heterocycles. The Morgan fingerprint density at radius 1 is 1.12 bits per heavy atom. The lowest BCUT2D eigenvalue weighted by Gasteiger charge is -2.17. The highest BCUT2D eigenvalue weighted by atomic mass is 32.1. The van der Waals surface area contributed by atoms with Crippen LogP contribution >= 0.6 is 11.3 Å². The molecule has 132 valence electrons. The number of amides is 2. The second-order valence-electron chi connectivity index (χ2n) is 7.24. The molecule has 4 aliphatic rings. The van der Waals surface area contributed by atoms with Gasteiger partial charge in [-0.15, -0.1) is 11.3 Å². The lowest BCUT2D eigenvalue weighted by Crippen LogP contribution is -2.34. The minimum absolute atomic E-state index is 0.146. The summed E-state index contributed by atoms with van der Waals surface area (Å²) in [5, 5.41) is 0.475. The molecule has 7 heteroatoms. The summed E-state index contributed by atoms with van der Waals surface area (Å²) in [7, 11) is 1.34. The fourth-order valence-electron chi connectivity index (χ4n) is 4.93. The topological polar surface area (TPSA) is 72.9 Å². The number of fused-ring (bicyclic) bond motifs is 6. The largest absolute Gasteiger partial charge is 0.465 e. The second-order valence-corrected chi connectivity index (χ2v) is 8.32. The van der Waals surface area contributed by atoms with Crippen LogP contribution in [0.3, 0.4) is 0 Å². The number of esters is 1. The molecule has 3 fully saturated rings. The third kappa shape index (κ3) is 1.96. The van der Waals surface area contributed by atoms with Gasteiger partial charge in [0, 0.05) is 4.88 Å². The van der Waals surface area contributed by atoms with Crippen molar-refractivity contribution in [2.24, 2.45) is 11.8 Å². The van der Waals surface area contributed by atoms with E-state index in [1.165, 1.54) is 23.3 Å². The van der Waals surface area contributed by atoms with Crippen LogP contribution in [0.4, 0.5) is 5.00 Å². The van der Waals surface area contributed by atoms with Gasteiger partial charge in [-0.05, 0) is 44.1 Å². The molecule has 4 unspecified atom stereocenters. The van der Waals surface area contributed by atoms with Gasteiger partial charge >= 0.3 is 5.97 Å². The van der Waals surface area contributed by atoms with Crippen molar-refractivity contribution in [2.75, 3.05) is 12.0 Å². The second kappa shape index (κ2) is 5.38. The summed E-state index contributed by atoms with van der Waals surface area (Å²) in [6.45, 7) is 0. The van der Waals surface area contributed by atoms with Crippen LogP contribution in [0.2, 0.25) is 0 Å². The lowest BCUT2D eigenvalue weighted by atomic mass is 9.81. The van der Waals surface area contributed by atoms with Gasteiger partial charge in [-0.3, -0.25) is 9.59 Å². The third-order valence-corrected chi connectivity index (χ3v) is 7.31. The van der Waals surface area contributed by atoms with E-state index in [4.69, 9.17) is 9.47 Å². The van der Waals surface area contributed by atoms with Gasteiger partial charge in [-0.1, -0.05) is 0 Å². The highest BCUT2D eigenvalue weighted by molar-refractivity contribution is 7.17. The highest BCUT2D eigenvalue weighted by Gasteiger charge is 2.63. The first-order chi connectivity index (χ1) is 12.1. The van der Waals surface area contributed by atoms with Gasteiger partial charge in [0.05, 0.1) is 36.7 Å². The van der Waals surface area contributed by atoms with Crippen LogP contribution in [0.1, 0.15) is 46.5 Å². The maximum Gasteiger partial charge on any atom is 0.341 e. The summed E-state index contributed by atoms with van der Waals surface area (Å²) in [5.74, 6) is -1.62. The molecule has 1 aliphatic carbocycles. The Morgan fingerprint density at radius 3 is 2.40 bits per heavy atom. The van der Waals surface area contributed by atoms with E-state index in [9.17, 15) is 14.4 Å². The molecular formula is C18H19NO5S. The standard InChI is InChI=1S/C18H19NO5S/c1-23-18(22)12-8-4-2-3-5-11(8)25-17(12)19-15(20)13-9-6-7-10(24-9)14(13)16(19)21/h9-10,13-14H,2-7H2,1H3. The molecule has 0 saturated carbocycles. The minimum Gasteiger partial charge on any atom is -0.465 e. The van der Waals surface area contributed by atoms with Gasteiger partial charge in [0.2, 0.25) is 11.8 Å². The highest BCUT2D eigenvalue weighted by Crippen LogP contribution is 2.51. The van der Waals surface area contributed by atoms with E-state index in [1.54, 1.807) is 0 Å². The molecule has 2 amide bonds. The summed E-state index contributed by atoms with van der Waals surface area (Å²) in [6.07, 6.45) is 5.15. The SMILES string of the molecule is COC(=O)c1c(N2C(=O)C3C4CCC(O4)C3C2=O)sc2c1CCCC2. The van der Waals surface area contributed by atoms with Crippen molar-refractivity contribution >= 4 is 34.1 Å². The van der Waals surface area contributed by atoms with Gasteiger partial charge in [0.15, 0.2) is 0 Å². The number of carbonyl (C=O) groups is 3. The Morgan fingerprint density at radius 2 is 1.76 bits per heavy atom. The first-order valence-electron chi connectivity index (χ1n) is 8.88. The van der Waals surface area contributed by atoms with E-state index in [-0.39, 0.29) is 35.9 Å². The number of carbonyl (C=O) groups excluding carboxylic acids is 3. The average molecular weight is 361 g/mol. The number of ether oxygens (including phenoxy) is 2. The first-order valence-corrected chi connectivity index (χ1v) is 9.69. The quantitative estimate of drug-likeness (QED) is 0.596. The maximum absolute atomic E-state index is 13.0. The van der Waals surface area contributed by atoms with Crippen molar-refractivity contribution in [1.29, 1.82) is 0 Å². The molecule has 25 heavy (non-hydrogen) atoms. The Balaban J connectivity index is 1.62. The summed E-state index contributed by atoms with van der Waals surface area (Å²) in [6, 6.07) is 0. The smallest absolute Gasteiger partial charge is 0.341 e. The molecule has 3 saturated heterocycles. The lowest BCUT2D eigenvalue weighted by molar-refractivity contribution is -0.124. The Kier molecular flexibility index (Phi) is 3.34. The van der Waals surface area contributed by atoms with E-state index in [0.29, 0.717) is 10.6 Å². The minimum atomic E-state index is -0.453. The number of nitrogens with zero attached hydrogens (tertiary/aromatic N) is 1. The van der Waals surface area contributed by atoms with Crippen LogP contribution in [0.25, 0.3) is 0 Å². The molecular weight excluding hydrogens is 342 g/mol. The molecule has 5 rings (SSSR count). The molecule has 4 atom stereocenters. The Bertz CT molecular complexity index is 772. The summed E-state index contributed by atoms with van der Waals surface area (Å²) < 4.78 is 10.8. The monoisotopic (exact) mass is 361 g/mol. The Hall–Kier alpha value is -1.73. The van der Waals surface area contributed by atoms with Crippen molar-refractivity contribution in [3.63, 3.8) is 0 Å². The number of rotatable bonds is 2. The van der Waals surface area contributed by atoms with Gasteiger partial charge in [-0.2, -0.15) is 0 Å². The number of hydrogen-bond donors (Lipinski definition) is 0. The summed E-state index contributed by atoms with van der Waals surface area (Å²) in [5.41, 5.74) is 1.40. The average Bonchev–Trinajstić information content (AvgIpc) is 3.36. The third-order valence-electron chi connectivity index (χ3n) is 6.03. The normalized spacial score (nSPS) is 32.9. The van der Waals surface area contributed by atoms with Crippen LogP contribution in [0.15, 0.2) is 0 Å². The van der Waals surface area contributed by atoms with Gasteiger partial charge in [0.25, 0.3) is 0 Å². The summed E-state index contributed by atoms with van der Waals surface area (Å²) >= 11 is 1.41. The van der Waals surface area contributed by atoms with E-state index >= 15 is 0 Å². The zero-order valence-corrected chi connectivity index (χ0v) is 14.8. The molecule has 4 heterocycles. The predicted molar refractivity (Wildman–Crippen MR) is 89.7 cm³/mol. The van der Waals surface area contributed by atoms with E-state index in [0.717, 1.165) is 49.0 Å². The van der Waals surface area contributed by atoms with Crippen molar-refractivity contribution in [3.05, 3.63) is 16.0 Å². The van der Waals surface area contributed by atoms with Gasteiger partial charge in [-0.25, -0.2) is 9.69 Å². The fourth-order valence-corrected chi connectivity index (χ4v) is 6.32. The van der Waals surface area contributed by atoms with Crippen LogP contribution in [0.5, 0.6) is 0 Å². The van der Waals surface area contributed by atoms with E-state index in [2.05, 4.69) is 0 Å². The van der Waals surface area contributed by atoms with Crippen LogP contribution in [0, 0.1) is 11.8 Å². The first kappa shape index (κ1) is 15.5. The molecule has 0 N–H and O–H groups in total. The molecule has 0 radical (unpaired) electrons. The van der Waals surface area contributed by atoms with Crippen LogP contribution < -0.4 is 4.90 Å². The van der Waals surface area contributed by atoms with E-state index < -0.39 is 5.97 Å². The number of hydrogen-bond acceptors (Lipinski definition) is 6. The van der Waals surface area contributed by atoms with E-state index in [1.807, 2.05) is 0 Å². The van der Waals surface area contributed by atoms with Crippen molar-refractivity contribution in [2.45, 2.75) is 50.7 Å². The molecule has 6 nitrogen and oxygen atoms in total. The number of methoxy groups -OCH3 is 1. The van der Waals surface area contributed by atoms with Crippen LogP contribution in [-0.2, 0) is 31.9 Å². The number of imide groups is 1. The van der Waals surface area contributed by atoms with Crippen molar-refractivity contribution in [3.8, 4) is 0 Å². The zero-order chi connectivity index (χ0) is 17.3. The Labute approximate surface area is 149 Å². The molecule has 2 bridgehead atoms. The molecule has 1 aromatic rings. The molecule has 0 aromatic carbocycles. The van der Waals surface area contributed by atoms with Gasteiger partial charge in [0.1, 0.15) is 5.00 Å². The molecule has 3 aliphatic heterocycles. The number of anilines is 1. The zero-order valence-electron chi connectivity index (χ0n) is 13.9. The summed E-state index contributed by atoms with van der Waals surface area (Å²) in [4.78, 5) is 40.9. The van der Waals surface area contributed by atoms with Gasteiger partial charge < -0.3 is 9.47 Å². The van der Waals surface area contributed by atoms with Crippen molar-refractivity contribution < 1.29 is 23.9 Å². The predicted octanol–water partition coefficient (Wildman–Crippen LogP) is 2.08. The maximum atomic E-state index is 13.0.